The molecule has 0 spiro atoms. The van der Waals surface area contributed by atoms with Gasteiger partial charge in [0.25, 0.3) is 10.0 Å². The zero-order valence-electron chi connectivity index (χ0n) is 19.3. The predicted molar refractivity (Wildman–Crippen MR) is 130 cm³/mol. The molecule has 0 radical (unpaired) electrons. The maximum Gasteiger partial charge on any atom is 0.573 e. The summed E-state index contributed by atoms with van der Waals surface area (Å²) in [6, 6.07) is 8.54. The van der Waals surface area contributed by atoms with Crippen molar-refractivity contribution < 1.29 is 44.2 Å². The van der Waals surface area contributed by atoms with E-state index >= 15 is 0 Å². The van der Waals surface area contributed by atoms with Crippen LogP contribution in [0.15, 0.2) is 52.7 Å². The van der Waals surface area contributed by atoms with Crippen LogP contribution in [0, 0.1) is 0 Å². The van der Waals surface area contributed by atoms with Gasteiger partial charge < -0.3 is 14.8 Å². The molecule has 0 amide bonds. The summed E-state index contributed by atoms with van der Waals surface area (Å²) in [4.78, 5) is 0.151. The Labute approximate surface area is 222 Å². The SMILES string of the molecule is C[C@@]1(Oc2cc(NS(=O)(=O)c3cc(Cl)c(-c4cccc(OC(F)(F)F)c4)s3)ccc2C(F)(F)F)CCNC1. The van der Waals surface area contributed by atoms with Crippen molar-refractivity contribution >= 4 is 38.6 Å². The van der Waals surface area contributed by atoms with E-state index in [1.807, 2.05) is 0 Å². The number of sulfonamides is 1. The molecule has 1 aliphatic heterocycles. The van der Waals surface area contributed by atoms with Crippen LogP contribution in [0.2, 0.25) is 5.02 Å². The van der Waals surface area contributed by atoms with Crippen LogP contribution < -0.4 is 19.5 Å². The number of rotatable bonds is 7. The zero-order valence-corrected chi connectivity index (χ0v) is 21.7. The van der Waals surface area contributed by atoms with Gasteiger partial charge in [0.05, 0.1) is 21.2 Å². The second-order valence-electron chi connectivity index (χ2n) is 8.61. The van der Waals surface area contributed by atoms with Crippen LogP contribution in [0.25, 0.3) is 10.4 Å². The van der Waals surface area contributed by atoms with Crippen LogP contribution >= 0.6 is 22.9 Å². The van der Waals surface area contributed by atoms with Crippen LogP contribution in [0.4, 0.5) is 32.0 Å². The molecule has 0 unspecified atom stereocenters. The first-order chi connectivity index (χ1) is 17.5. The van der Waals surface area contributed by atoms with Gasteiger partial charge in [0.1, 0.15) is 21.3 Å². The number of ether oxygens (including phenoxy) is 2. The zero-order chi connectivity index (χ0) is 27.9. The number of alkyl halides is 6. The Bertz CT molecular complexity index is 1430. The fraction of sp³-hybridized carbons (Fsp3) is 0.304. The third kappa shape index (κ3) is 6.65. The Kier molecular flexibility index (Phi) is 7.55. The Hall–Kier alpha value is -2.68. The number of thiophene rings is 1. The van der Waals surface area contributed by atoms with E-state index < -0.39 is 45.2 Å². The van der Waals surface area contributed by atoms with Gasteiger partial charge in [-0.1, -0.05) is 23.7 Å². The number of anilines is 1. The average molecular weight is 601 g/mol. The quantitative estimate of drug-likeness (QED) is 0.288. The van der Waals surface area contributed by atoms with Crippen LogP contribution in [-0.4, -0.2) is 33.5 Å². The normalized spacial score (nSPS) is 18.4. The van der Waals surface area contributed by atoms with Crippen molar-refractivity contribution in [2.24, 2.45) is 0 Å². The van der Waals surface area contributed by atoms with E-state index in [1.54, 1.807) is 6.92 Å². The van der Waals surface area contributed by atoms with Gasteiger partial charge >= 0.3 is 12.5 Å². The minimum atomic E-state index is -4.92. The first-order valence-corrected chi connectivity index (χ1v) is 13.5. The highest BCUT2D eigenvalue weighted by Crippen LogP contribution is 2.42. The van der Waals surface area contributed by atoms with Crippen molar-refractivity contribution in [3.8, 4) is 21.9 Å². The van der Waals surface area contributed by atoms with Gasteiger partial charge in [-0.2, -0.15) is 13.2 Å². The summed E-state index contributed by atoms with van der Waals surface area (Å²) in [7, 11) is -4.35. The Morgan fingerprint density at radius 2 is 1.82 bits per heavy atom. The lowest BCUT2D eigenvalue weighted by Gasteiger charge is -2.27. The van der Waals surface area contributed by atoms with Gasteiger partial charge in [-0.15, -0.1) is 24.5 Å². The minimum absolute atomic E-state index is 0.0577. The highest BCUT2D eigenvalue weighted by molar-refractivity contribution is 7.94. The van der Waals surface area contributed by atoms with Crippen molar-refractivity contribution in [1.29, 1.82) is 0 Å². The first kappa shape index (κ1) is 28.3. The molecule has 1 aromatic heterocycles. The van der Waals surface area contributed by atoms with Crippen LogP contribution in [0.3, 0.4) is 0 Å². The molecule has 1 fully saturated rings. The third-order valence-corrected chi connectivity index (χ3v) is 8.93. The Morgan fingerprint density at radius 3 is 2.45 bits per heavy atom. The van der Waals surface area contributed by atoms with E-state index in [9.17, 15) is 34.8 Å². The third-order valence-electron chi connectivity index (χ3n) is 5.48. The average Bonchev–Trinajstić information content (AvgIpc) is 3.38. The van der Waals surface area contributed by atoms with Crippen molar-refractivity contribution in [2.45, 2.75) is 35.7 Å². The van der Waals surface area contributed by atoms with E-state index in [4.69, 9.17) is 16.3 Å². The fourth-order valence-corrected chi connectivity index (χ4v) is 6.64. The lowest BCUT2D eigenvalue weighted by molar-refractivity contribution is -0.274. The summed E-state index contributed by atoms with van der Waals surface area (Å²) in [6.45, 7) is 2.51. The molecular weight excluding hydrogens is 582 g/mol. The molecule has 15 heteroatoms. The Balaban J connectivity index is 1.63. The fourth-order valence-electron chi connectivity index (χ4n) is 3.77. The highest BCUT2D eigenvalue weighted by atomic mass is 35.5. The molecule has 0 bridgehead atoms. The summed E-state index contributed by atoms with van der Waals surface area (Å²) >= 11 is 6.85. The molecule has 206 valence electrons. The molecule has 0 aliphatic carbocycles. The summed E-state index contributed by atoms with van der Waals surface area (Å²) in [5.41, 5.74) is -1.99. The molecule has 3 aromatic rings. The van der Waals surface area contributed by atoms with Gasteiger partial charge in [0, 0.05) is 19.0 Å². The molecule has 6 nitrogen and oxygen atoms in total. The molecule has 2 aromatic carbocycles. The van der Waals surface area contributed by atoms with E-state index in [1.165, 1.54) is 12.1 Å². The highest BCUT2D eigenvalue weighted by Gasteiger charge is 2.38. The summed E-state index contributed by atoms with van der Waals surface area (Å²) in [5.74, 6) is -1.05. The number of hydrogen-bond acceptors (Lipinski definition) is 6. The monoisotopic (exact) mass is 600 g/mol. The van der Waals surface area contributed by atoms with Gasteiger partial charge in [0.2, 0.25) is 0 Å². The van der Waals surface area contributed by atoms with Gasteiger partial charge in [0.15, 0.2) is 0 Å². The van der Waals surface area contributed by atoms with Gasteiger partial charge in [-0.3, -0.25) is 4.72 Å². The molecule has 0 saturated carbocycles. The number of hydrogen-bond donors (Lipinski definition) is 2. The lowest BCUT2D eigenvalue weighted by atomic mass is 10.1. The topological polar surface area (TPSA) is 76.7 Å². The lowest BCUT2D eigenvalue weighted by Crippen LogP contribution is -2.35. The molecule has 38 heavy (non-hydrogen) atoms. The summed E-state index contributed by atoms with van der Waals surface area (Å²) in [5, 5.41) is 2.95. The number of benzene rings is 2. The molecule has 1 atom stereocenters. The number of halogens is 7. The van der Waals surface area contributed by atoms with Crippen molar-refractivity contribution in [2.75, 3.05) is 17.8 Å². The van der Waals surface area contributed by atoms with Crippen molar-refractivity contribution in [1.82, 2.24) is 5.32 Å². The molecule has 2 heterocycles. The first-order valence-electron chi connectivity index (χ1n) is 10.8. The molecule has 1 aliphatic rings. The van der Waals surface area contributed by atoms with E-state index in [0.717, 1.165) is 36.4 Å². The molecule has 1 saturated heterocycles. The van der Waals surface area contributed by atoms with Crippen LogP contribution in [-0.2, 0) is 16.2 Å². The second kappa shape index (κ2) is 10.1. The second-order valence-corrected chi connectivity index (χ2v) is 12.0. The smallest absolute Gasteiger partial charge is 0.485 e. The standard InChI is InChI=1S/C23H19ClF6N2O4S2/c1-21(7-8-31-12-21)36-18-10-14(5-6-16(18)22(25,26)27)32-38(33,34)19-11-17(24)20(37-19)13-3-2-4-15(9-13)35-23(28,29)30/h2-6,9-11,31-32H,7-8,12H2,1H3/t21-/m1/s1. The predicted octanol–water partition coefficient (Wildman–Crippen LogP) is 6.92. The molecular formula is C23H19ClF6N2O4S2. The summed E-state index contributed by atoms with van der Waals surface area (Å²) in [6.07, 6.45) is -9.21. The Morgan fingerprint density at radius 1 is 1.08 bits per heavy atom. The van der Waals surface area contributed by atoms with Crippen LogP contribution in [0.5, 0.6) is 11.5 Å². The molecule has 4 rings (SSSR count). The van der Waals surface area contributed by atoms with Crippen molar-refractivity contribution in [3.63, 3.8) is 0 Å². The molecule has 2 N–H and O–H groups in total. The number of nitrogens with one attached hydrogen (secondary N) is 2. The van der Waals surface area contributed by atoms with Crippen LogP contribution in [0.1, 0.15) is 18.9 Å². The maximum atomic E-state index is 13.6. The van der Waals surface area contributed by atoms with Gasteiger partial charge in [-0.25, -0.2) is 8.42 Å². The largest absolute Gasteiger partial charge is 0.573 e. The van der Waals surface area contributed by atoms with Crippen molar-refractivity contribution in [3.05, 3.63) is 59.1 Å². The van der Waals surface area contributed by atoms with E-state index in [0.29, 0.717) is 30.8 Å². The van der Waals surface area contributed by atoms with E-state index in [-0.39, 0.29) is 25.4 Å². The minimum Gasteiger partial charge on any atom is -0.485 e. The van der Waals surface area contributed by atoms with E-state index in [2.05, 4.69) is 14.8 Å². The summed E-state index contributed by atoms with van der Waals surface area (Å²) < 4.78 is 116. The maximum absolute atomic E-state index is 13.6. The van der Waals surface area contributed by atoms with Gasteiger partial charge in [-0.05, 0) is 49.4 Å².